The van der Waals surface area contributed by atoms with Gasteiger partial charge >= 0.3 is 5.82 Å². The topological polar surface area (TPSA) is 99.7 Å². The van der Waals surface area contributed by atoms with Crippen molar-refractivity contribution in [1.82, 2.24) is 14.7 Å². The van der Waals surface area contributed by atoms with E-state index in [1.54, 1.807) is 19.1 Å². The number of methoxy groups -OCH3 is 2. The maximum absolute atomic E-state index is 12.6. The molecule has 1 aliphatic heterocycles. The van der Waals surface area contributed by atoms with Crippen LogP contribution in [0.5, 0.6) is 11.5 Å². The van der Waals surface area contributed by atoms with Gasteiger partial charge in [0.15, 0.2) is 11.5 Å². The van der Waals surface area contributed by atoms with Crippen molar-refractivity contribution in [3.8, 4) is 11.5 Å². The molecule has 0 N–H and O–H groups in total. The molecule has 1 aromatic carbocycles. The molecular weight excluding hydrogens is 408 g/mol. The standard InChI is InChI=1S/C16H17BrN4O5/c1-25-13-5-10-3-4-19(7-11(10)6-14(13)26-2)15(22)9-20-8-12(17)16(18-20)21(23)24/h5-6,8H,3-4,7,9H2,1-2H3. The highest BCUT2D eigenvalue weighted by Gasteiger charge is 2.25. The minimum absolute atomic E-state index is 0.0605. The molecule has 0 atom stereocenters. The number of amides is 1. The van der Waals surface area contributed by atoms with E-state index in [4.69, 9.17) is 9.47 Å². The zero-order chi connectivity index (χ0) is 18.8. The van der Waals surface area contributed by atoms with Crippen LogP contribution in [0.2, 0.25) is 0 Å². The van der Waals surface area contributed by atoms with E-state index in [-0.39, 0.29) is 22.7 Å². The molecule has 0 fully saturated rings. The molecule has 0 unspecified atom stereocenters. The first-order valence-electron chi connectivity index (χ1n) is 7.81. The number of ether oxygens (including phenoxy) is 2. The summed E-state index contributed by atoms with van der Waals surface area (Å²) in [5, 5.41) is 14.7. The highest BCUT2D eigenvalue weighted by atomic mass is 79.9. The van der Waals surface area contributed by atoms with Crippen molar-refractivity contribution in [3.63, 3.8) is 0 Å². The van der Waals surface area contributed by atoms with Gasteiger partial charge in [-0.05, 0) is 50.5 Å². The third-order valence-electron chi connectivity index (χ3n) is 4.24. The molecule has 2 aromatic rings. The van der Waals surface area contributed by atoms with Crippen LogP contribution < -0.4 is 9.47 Å². The largest absolute Gasteiger partial charge is 0.493 e. The van der Waals surface area contributed by atoms with Gasteiger partial charge < -0.3 is 24.5 Å². The first-order valence-corrected chi connectivity index (χ1v) is 8.61. The Morgan fingerprint density at radius 1 is 1.31 bits per heavy atom. The molecule has 0 bridgehead atoms. The van der Waals surface area contributed by atoms with Crippen LogP contribution in [0.25, 0.3) is 0 Å². The van der Waals surface area contributed by atoms with Gasteiger partial charge in [0.05, 0.1) is 25.5 Å². The molecule has 1 amide bonds. The second kappa shape index (κ2) is 7.32. The summed E-state index contributed by atoms with van der Waals surface area (Å²) in [5.41, 5.74) is 2.11. The third-order valence-corrected chi connectivity index (χ3v) is 4.80. The van der Waals surface area contributed by atoms with Crippen molar-refractivity contribution in [1.29, 1.82) is 0 Å². The fraction of sp³-hybridized carbons (Fsp3) is 0.375. The number of fused-ring (bicyclic) bond motifs is 1. The summed E-state index contributed by atoms with van der Waals surface area (Å²) >= 11 is 3.08. The van der Waals surface area contributed by atoms with Crippen molar-refractivity contribution in [2.75, 3.05) is 20.8 Å². The van der Waals surface area contributed by atoms with Crippen LogP contribution in [0.4, 0.5) is 5.82 Å². The van der Waals surface area contributed by atoms with Gasteiger partial charge in [0.1, 0.15) is 11.0 Å². The highest BCUT2D eigenvalue weighted by Crippen LogP contribution is 2.33. The third kappa shape index (κ3) is 3.50. The van der Waals surface area contributed by atoms with E-state index >= 15 is 0 Å². The van der Waals surface area contributed by atoms with Gasteiger partial charge in [-0.2, -0.15) is 4.68 Å². The monoisotopic (exact) mass is 424 g/mol. The molecule has 0 aliphatic carbocycles. The Kier molecular flexibility index (Phi) is 5.12. The van der Waals surface area contributed by atoms with Gasteiger partial charge in [-0.1, -0.05) is 0 Å². The Balaban J connectivity index is 1.75. The summed E-state index contributed by atoms with van der Waals surface area (Å²) in [7, 11) is 3.16. The molecule has 0 saturated heterocycles. The summed E-state index contributed by atoms with van der Waals surface area (Å²) in [6.07, 6.45) is 2.13. The Labute approximate surface area is 157 Å². The van der Waals surface area contributed by atoms with E-state index in [1.165, 1.54) is 10.9 Å². The average molecular weight is 425 g/mol. The molecule has 1 aliphatic rings. The van der Waals surface area contributed by atoms with Crippen LogP contribution >= 0.6 is 15.9 Å². The van der Waals surface area contributed by atoms with E-state index in [1.807, 2.05) is 12.1 Å². The number of nitro groups is 1. The van der Waals surface area contributed by atoms with Crippen LogP contribution in [0.1, 0.15) is 11.1 Å². The molecule has 26 heavy (non-hydrogen) atoms. The Bertz CT molecular complexity index is 867. The normalized spacial score (nSPS) is 13.3. The van der Waals surface area contributed by atoms with Crippen LogP contribution in [-0.4, -0.2) is 46.3 Å². The van der Waals surface area contributed by atoms with Crippen molar-refractivity contribution >= 4 is 27.7 Å². The van der Waals surface area contributed by atoms with Crippen LogP contribution in [0.15, 0.2) is 22.8 Å². The summed E-state index contributed by atoms with van der Waals surface area (Å²) < 4.78 is 12.2. The first-order chi connectivity index (χ1) is 12.4. The number of nitrogens with zero attached hydrogens (tertiary/aromatic N) is 4. The van der Waals surface area contributed by atoms with Gasteiger partial charge in [-0.25, -0.2) is 0 Å². The smallest absolute Gasteiger partial charge is 0.404 e. The van der Waals surface area contributed by atoms with Crippen LogP contribution in [-0.2, 0) is 24.3 Å². The van der Waals surface area contributed by atoms with E-state index in [9.17, 15) is 14.9 Å². The minimum atomic E-state index is -0.595. The quantitative estimate of drug-likeness (QED) is 0.538. The number of halogens is 1. The molecule has 0 radical (unpaired) electrons. The second-order valence-corrected chi connectivity index (χ2v) is 6.65. The Morgan fingerprint density at radius 3 is 2.54 bits per heavy atom. The fourth-order valence-corrected chi connectivity index (χ4v) is 3.39. The van der Waals surface area contributed by atoms with Gasteiger partial charge in [-0.15, -0.1) is 0 Å². The predicted molar refractivity (Wildman–Crippen MR) is 95.2 cm³/mol. The minimum Gasteiger partial charge on any atom is -0.493 e. The number of carbonyl (C=O) groups excluding carboxylic acids is 1. The van der Waals surface area contributed by atoms with Crippen LogP contribution in [0, 0.1) is 10.1 Å². The van der Waals surface area contributed by atoms with E-state index in [2.05, 4.69) is 21.0 Å². The number of aromatic nitrogens is 2. The number of rotatable bonds is 5. The molecule has 0 saturated carbocycles. The highest BCUT2D eigenvalue weighted by molar-refractivity contribution is 9.10. The number of hydrogen-bond donors (Lipinski definition) is 0. The van der Waals surface area contributed by atoms with Crippen molar-refractivity contribution in [2.24, 2.45) is 0 Å². The van der Waals surface area contributed by atoms with Gasteiger partial charge in [0.2, 0.25) is 5.91 Å². The molecule has 0 spiro atoms. The lowest BCUT2D eigenvalue weighted by molar-refractivity contribution is -0.390. The summed E-state index contributed by atoms with van der Waals surface area (Å²) in [4.78, 5) is 24.5. The molecule has 1 aromatic heterocycles. The summed E-state index contributed by atoms with van der Waals surface area (Å²) in [6.45, 7) is 0.944. The molecular formula is C16H17BrN4O5. The van der Waals surface area contributed by atoms with Crippen LogP contribution in [0.3, 0.4) is 0 Å². The maximum atomic E-state index is 12.6. The number of carbonyl (C=O) groups is 1. The lowest BCUT2D eigenvalue weighted by Gasteiger charge is -2.29. The summed E-state index contributed by atoms with van der Waals surface area (Å²) in [5.74, 6) is 0.820. The van der Waals surface area contributed by atoms with Crippen molar-refractivity contribution < 1.29 is 19.2 Å². The zero-order valence-corrected chi connectivity index (χ0v) is 15.9. The molecule has 3 rings (SSSR count). The maximum Gasteiger partial charge on any atom is 0.404 e. The molecule has 10 heteroatoms. The molecule has 2 heterocycles. The zero-order valence-electron chi connectivity index (χ0n) is 14.3. The first kappa shape index (κ1) is 18.2. The average Bonchev–Trinajstić information content (AvgIpc) is 3.00. The van der Waals surface area contributed by atoms with Gasteiger partial charge in [-0.3, -0.25) is 4.79 Å². The SMILES string of the molecule is COc1cc2c(cc1OC)CN(C(=O)Cn1cc(Br)c([N+](=O)[O-])n1)CC2. The Morgan fingerprint density at radius 2 is 1.96 bits per heavy atom. The van der Waals surface area contributed by atoms with E-state index in [0.29, 0.717) is 31.0 Å². The molecule has 138 valence electrons. The van der Waals surface area contributed by atoms with Crippen molar-refractivity contribution in [3.05, 3.63) is 44.0 Å². The summed E-state index contributed by atoms with van der Waals surface area (Å²) in [6, 6.07) is 3.81. The fourth-order valence-electron chi connectivity index (χ4n) is 2.93. The second-order valence-electron chi connectivity index (χ2n) is 5.80. The lowest BCUT2D eigenvalue weighted by atomic mass is 9.98. The molecule has 9 nitrogen and oxygen atoms in total. The lowest BCUT2D eigenvalue weighted by Crippen LogP contribution is -2.38. The number of benzene rings is 1. The van der Waals surface area contributed by atoms with E-state index < -0.39 is 4.92 Å². The Hall–Kier alpha value is -2.62. The van der Waals surface area contributed by atoms with Crippen molar-refractivity contribution in [2.45, 2.75) is 19.5 Å². The van der Waals surface area contributed by atoms with Gasteiger partial charge in [0.25, 0.3) is 0 Å². The number of hydrogen-bond acceptors (Lipinski definition) is 6. The predicted octanol–water partition coefficient (Wildman–Crippen LogP) is 2.16. The van der Waals surface area contributed by atoms with Gasteiger partial charge in [0, 0.05) is 13.1 Å². The van der Waals surface area contributed by atoms with E-state index in [0.717, 1.165) is 11.1 Å².